The van der Waals surface area contributed by atoms with E-state index in [0.717, 1.165) is 0 Å². The maximum absolute atomic E-state index is 12.9. The molecule has 0 saturated heterocycles. The first-order valence-corrected chi connectivity index (χ1v) is 5.05. The summed E-state index contributed by atoms with van der Waals surface area (Å²) in [6.45, 7) is 2.01. The van der Waals surface area contributed by atoms with E-state index in [9.17, 15) is 9.18 Å². The van der Waals surface area contributed by atoms with Gasteiger partial charge in [-0.05, 0) is 19.1 Å². The van der Waals surface area contributed by atoms with Crippen molar-refractivity contribution in [3.63, 3.8) is 0 Å². The summed E-state index contributed by atoms with van der Waals surface area (Å²) in [7, 11) is 0. The van der Waals surface area contributed by atoms with Crippen molar-refractivity contribution in [2.24, 2.45) is 0 Å². The van der Waals surface area contributed by atoms with Crippen molar-refractivity contribution in [3.05, 3.63) is 42.1 Å². The third kappa shape index (κ3) is 2.47. The molecule has 2 heterocycles. The number of rotatable bonds is 3. The molecular formula is C11H10FN3O2. The van der Waals surface area contributed by atoms with Gasteiger partial charge in [0.2, 0.25) is 5.95 Å². The average molecular weight is 235 g/mol. The highest BCUT2D eigenvalue weighted by molar-refractivity contribution is 5.88. The Hall–Kier alpha value is -2.24. The third-order valence-corrected chi connectivity index (χ3v) is 2.03. The van der Waals surface area contributed by atoms with Gasteiger partial charge in [-0.25, -0.2) is 14.5 Å². The lowest BCUT2D eigenvalue weighted by Gasteiger charge is -1.99. The molecule has 0 aliphatic heterocycles. The van der Waals surface area contributed by atoms with Crippen molar-refractivity contribution in [3.8, 4) is 5.82 Å². The second-order valence-corrected chi connectivity index (χ2v) is 3.21. The van der Waals surface area contributed by atoms with Gasteiger partial charge in [0.15, 0.2) is 5.82 Å². The number of nitrogens with zero attached hydrogens (tertiary/aromatic N) is 3. The maximum atomic E-state index is 12.9. The molecule has 17 heavy (non-hydrogen) atoms. The Kier molecular flexibility index (Phi) is 3.13. The van der Waals surface area contributed by atoms with Crippen molar-refractivity contribution in [2.45, 2.75) is 6.92 Å². The smallest absolute Gasteiger partial charge is 0.341 e. The van der Waals surface area contributed by atoms with Crippen LogP contribution in [0, 0.1) is 5.95 Å². The Balaban J connectivity index is 2.27. The fourth-order valence-electron chi connectivity index (χ4n) is 1.29. The molecule has 6 heteroatoms. The highest BCUT2D eigenvalue weighted by Gasteiger charge is 2.10. The summed E-state index contributed by atoms with van der Waals surface area (Å²) in [5.74, 6) is -0.758. The van der Waals surface area contributed by atoms with Gasteiger partial charge in [-0.15, -0.1) is 0 Å². The molecule has 0 bridgehead atoms. The fourth-order valence-corrected chi connectivity index (χ4v) is 1.29. The van der Waals surface area contributed by atoms with Crippen LogP contribution in [-0.2, 0) is 4.74 Å². The van der Waals surface area contributed by atoms with Crippen molar-refractivity contribution in [1.82, 2.24) is 14.8 Å². The number of hydrogen-bond donors (Lipinski definition) is 0. The van der Waals surface area contributed by atoms with Crippen LogP contribution >= 0.6 is 0 Å². The topological polar surface area (TPSA) is 57.0 Å². The maximum Gasteiger partial charge on any atom is 0.341 e. The van der Waals surface area contributed by atoms with Crippen LogP contribution in [-0.4, -0.2) is 27.3 Å². The van der Waals surface area contributed by atoms with Gasteiger partial charge in [-0.2, -0.15) is 9.49 Å². The minimum Gasteiger partial charge on any atom is -0.462 e. The standard InChI is InChI=1S/C11H10FN3O2/c1-2-17-11(16)8-6-13-15(7-8)10-5-3-4-9(12)14-10/h3-7H,2H2,1H3. The molecule has 0 amide bonds. The first kappa shape index (κ1) is 11.3. The van der Waals surface area contributed by atoms with Crippen LogP contribution in [0.25, 0.3) is 5.82 Å². The number of carbonyl (C=O) groups excluding carboxylic acids is 1. The van der Waals surface area contributed by atoms with Gasteiger partial charge >= 0.3 is 5.97 Å². The molecule has 2 aromatic rings. The normalized spacial score (nSPS) is 10.2. The van der Waals surface area contributed by atoms with Gasteiger partial charge in [0.25, 0.3) is 0 Å². The molecule has 5 nitrogen and oxygen atoms in total. The molecule has 2 rings (SSSR count). The first-order chi connectivity index (χ1) is 8.20. The first-order valence-electron chi connectivity index (χ1n) is 5.05. The molecule has 0 spiro atoms. The Labute approximate surface area is 96.9 Å². The van der Waals surface area contributed by atoms with Crippen LogP contribution in [0.4, 0.5) is 4.39 Å². The number of halogens is 1. The van der Waals surface area contributed by atoms with Crippen molar-refractivity contribution >= 4 is 5.97 Å². The van der Waals surface area contributed by atoms with Crippen LogP contribution < -0.4 is 0 Å². The van der Waals surface area contributed by atoms with Gasteiger partial charge in [-0.3, -0.25) is 0 Å². The quantitative estimate of drug-likeness (QED) is 0.598. The summed E-state index contributed by atoms with van der Waals surface area (Å²) in [6.07, 6.45) is 2.80. The van der Waals surface area contributed by atoms with Crippen LogP contribution in [0.5, 0.6) is 0 Å². The Morgan fingerprint density at radius 2 is 2.35 bits per heavy atom. The highest BCUT2D eigenvalue weighted by Crippen LogP contribution is 2.07. The zero-order valence-electron chi connectivity index (χ0n) is 9.13. The zero-order chi connectivity index (χ0) is 12.3. The molecule has 2 aromatic heterocycles. The number of ether oxygens (including phenoxy) is 1. The number of hydrogen-bond acceptors (Lipinski definition) is 4. The van der Waals surface area contributed by atoms with E-state index < -0.39 is 11.9 Å². The van der Waals surface area contributed by atoms with Gasteiger partial charge < -0.3 is 4.74 Å². The largest absolute Gasteiger partial charge is 0.462 e. The average Bonchev–Trinajstić information content (AvgIpc) is 2.78. The molecule has 0 saturated carbocycles. The lowest BCUT2D eigenvalue weighted by atomic mass is 10.4. The second-order valence-electron chi connectivity index (χ2n) is 3.21. The second kappa shape index (κ2) is 4.73. The van der Waals surface area contributed by atoms with E-state index in [1.807, 2.05) is 0 Å². The van der Waals surface area contributed by atoms with E-state index >= 15 is 0 Å². The van der Waals surface area contributed by atoms with E-state index in [-0.39, 0.29) is 0 Å². The molecule has 0 aromatic carbocycles. The summed E-state index contributed by atoms with van der Waals surface area (Å²) >= 11 is 0. The highest BCUT2D eigenvalue weighted by atomic mass is 19.1. The van der Waals surface area contributed by atoms with Crippen LogP contribution in [0.1, 0.15) is 17.3 Å². The van der Waals surface area contributed by atoms with E-state index in [1.165, 1.54) is 29.2 Å². The number of carbonyl (C=O) groups is 1. The summed E-state index contributed by atoms with van der Waals surface area (Å²) in [4.78, 5) is 15.0. The van der Waals surface area contributed by atoms with E-state index in [0.29, 0.717) is 18.0 Å². The molecule has 0 unspecified atom stereocenters. The fraction of sp³-hybridized carbons (Fsp3) is 0.182. The molecular weight excluding hydrogens is 225 g/mol. The molecule has 88 valence electrons. The molecule has 0 atom stereocenters. The van der Waals surface area contributed by atoms with Gasteiger partial charge in [-0.1, -0.05) is 6.07 Å². The lowest BCUT2D eigenvalue weighted by Crippen LogP contribution is -2.03. The third-order valence-electron chi connectivity index (χ3n) is 2.03. The minimum atomic E-state index is -0.601. The lowest BCUT2D eigenvalue weighted by molar-refractivity contribution is 0.0526. The number of esters is 1. The molecule has 0 radical (unpaired) electrons. The monoisotopic (exact) mass is 235 g/mol. The van der Waals surface area contributed by atoms with Crippen molar-refractivity contribution in [2.75, 3.05) is 6.61 Å². The summed E-state index contributed by atoms with van der Waals surface area (Å²) in [5, 5.41) is 3.92. The predicted octanol–water partition coefficient (Wildman–Crippen LogP) is 1.58. The van der Waals surface area contributed by atoms with Crippen LogP contribution in [0.2, 0.25) is 0 Å². The molecule has 0 fully saturated rings. The van der Waals surface area contributed by atoms with Crippen molar-refractivity contribution < 1.29 is 13.9 Å². The Bertz CT molecular complexity index is 539. The van der Waals surface area contributed by atoms with Crippen LogP contribution in [0.3, 0.4) is 0 Å². The summed E-state index contributed by atoms with van der Waals surface area (Å²) in [5.41, 5.74) is 0.304. The van der Waals surface area contributed by atoms with E-state index in [1.54, 1.807) is 13.0 Å². The Morgan fingerprint density at radius 1 is 1.53 bits per heavy atom. The van der Waals surface area contributed by atoms with Gasteiger partial charge in [0.05, 0.1) is 18.4 Å². The molecule has 0 N–H and O–H groups in total. The van der Waals surface area contributed by atoms with E-state index in [2.05, 4.69) is 10.1 Å². The zero-order valence-corrected chi connectivity index (χ0v) is 9.13. The van der Waals surface area contributed by atoms with Gasteiger partial charge in [0, 0.05) is 6.20 Å². The minimum absolute atomic E-state index is 0.294. The SMILES string of the molecule is CCOC(=O)c1cnn(-c2cccc(F)n2)c1. The van der Waals surface area contributed by atoms with E-state index in [4.69, 9.17) is 4.74 Å². The number of aromatic nitrogens is 3. The molecule has 0 aliphatic carbocycles. The van der Waals surface area contributed by atoms with Crippen molar-refractivity contribution in [1.29, 1.82) is 0 Å². The van der Waals surface area contributed by atoms with Crippen LogP contribution in [0.15, 0.2) is 30.6 Å². The summed E-state index contributed by atoms with van der Waals surface area (Å²) < 4.78 is 19.0. The van der Waals surface area contributed by atoms with Gasteiger partial charge in [0.1, 0.15) is 0 Å². The Morgan fingerprint density at radius 3 is 3.06 bits per heavy atom. The summed E-state index contributed by atoms with van der Waals surface area (Å²) in [6, 6.07) is 4.34. The molecule has 0 aliphatic rings. The predicted molar refractivity (Wildman–Crippen MR) is 57.3 cm³/mol. The number of pyridine rings is 1.